The third kappa shape index (κ3) is 3.21. The van der Waals surface area contributed by atoms with E-state index >= 15 is 0 Å². The lowest BCUT2D eigenvalue weighted by atomic mass is 9.95. The van der Waals surface area contributed by atoms with Crippen LogP contribution in [0.2, 0.25) is 5.15 Å². The maximum Gasteiger partial charge on any atom is 0.137 e. The molecule has 0 saturated heterocycles. The Morgan fingerprint density at radius 3 is 2.50 bits per heavy atom. The quantitative estimate of drug-likeness (QED) is 0.795. The third-order valence-electron chi connectivity index (χ3n) is 3.46. The molecule has 1 heterocycles. The number of hydrogen-bond acceptors (Lipinski definition) is 4. The monoisotopic (exact) mass is 292 g/mol. The third-order valence-corrected chi connectivity index (χ3v) is 3.82. The fraction of sp³-hybridized carbons (Fsp3) is 0.667. The second kappa shape index (κ2) is 5.57. The number of anilines is 1. The Morgan fingerprint density at radius 1 is 1.35 bits per heavy atom. The first-order valence-corrected chi connectivity index (χ1v) is 7.40. The molecule has 0 radical (unpaired) electrons. The first kappa shape index (κ1) is 15.1. The normalized spacial score (nSPS) is 15.0. The maximum atomic E-state index is 8.84. The van der Waals surface area contributed by atoms with Gasteiger partial charge < -0.3 is 4.90 Å². The largest absolute Gasteiger partial charge is 0.352 e. The minimum atomic E-state index is -0.142. The highest BCUT2D eigenvalue weighted by molar-refractivity contribution is 6.30. The summed E-state index contributed by atoms with van der Waals surface area (Å²) < 4.78 is 0. The highest BCUT2D eigenvalue weighted by atomic mass is 35.5. The molecule has 0 atom stereocenters. The van der Waals surface area contributed by atoms with Gasteiger partial charge in [-0.2, -0.15) is 5.26 Å². The van der Waals surface area contributed by atoms with Gasteiger partial charge in [-0.3, -0.25) is 0 Å². The molecule has 2 rings (SSSR count). The molecule has 108 valence electrons. The Balaban J connectivity index is 2.42. The van der Waals surface area contributed by atoms with Crippen molar-refractivity contribution in [2.75, 3.05) is 11.4 Å². The van der Waals surface area contributed by atoms with Gasteiger partial charge in [-0.05, 0) is 19.8 Å². The highest BCUT2D eigenvalue weighted by Gasteiger charge is 2.32. The minimum Gasteiger partial charge on any atom is -0.352 e. The van der Waals surface area contributed by atoms with Crippen LogP contribution < -0.4 is 4.90 Å². The molecule has 1 aromatic rings. The Bertz CT molecular complexity index is 538. The molecule has 1 aromatic heterocycles. The van der Waals surface area contributed by atoms with Gasteiger partial charge in [-0.1, -0.05) is 32.4 Å². The lowest BCUT2D eigenvalue weighted by molar-refractivity contribution is 0.542. The molecule has 5 heteroatoms. The van der Waals surface area contributed by atoms with Crippen LogP contribution in [0.15, 0.2) is 0 Å². The molecule has 0 spiro atoms. The van der Waals surface area contributed by atoms with Crippen LogP contribution in [0.4, 0.5) is 5.82 Å². The molecule has 20 heavy (non-hydrogen) atoms. The zero-order valence-electron chi connectivity index (χ0n) is 12.6. The van der Waals surface area contributed by atoms with Crippen LogP contribution in [-0.2, 0) is 5.41 Å². The highest BCUT2D eigenvalue weighted by Crippen LogP contribution is 2.35. The molecule has 0 aromatic carbocycles. The van der Waals surface area contributed by atoms with Gasteiger partial charge in [0, 0.05) is 23.6 Å². The Morgan fingerprint density at radius 2 is 2.00 bits per heavy atom. The molecule has 1 saturated carbocycles. The minimum absolute atomic E-state index is 0.142. The molecule has 0 bridgehead atoms. The first-order valence-electron chi connectivity index (χ1n) is 7.03. The van der Waals surface area contributed by atoms with Gasteiger partial charge in [0.15, 0.2) is 0 Å². The van der Waals surface area contributed by atoms with Crippen LogP contribution in [-0.4, -0.2) is 22.6 Å². The Hall–Kier alpha value is -1.34. The standard InChI is InChI=1S/C15H21ClN4/c1-10-12(16)18-14(15(2,3)4)19-13(10)20(9-5-8-17)11-6-7-11/h11H,5-7,9H2,1-4H3. The second-order valence-corrected chi connectivity index (χ2v) is 6.73. The van der Waals surface area contributed by atoms with E-state index in [1.807, 2.05) is 6.92 Å². The van der Waals surface area contributed by atoms with Crippen LogP contribution >= 0.6 is 11.6 Å². The van der Waals surface area contributed by atoms with Crippen molar-refractivity contribution < 1.29 is 0 Å². The van der Waals surface area contributed by atoms with E-state index < -0.39 is 0 Å². The van der Waals surface area contributed by atoms with Crippen molar-refractivity contribution in [1.29, 1.82) is 5.26 Å². The maximum absolute atomic E-state index is 8.84. The Labute approximate surface area is 125 Å². The number of aromatic nitrogens is 2. The van der Waals surface area contributed by atoms with E-state index in [0.29, 0.717) is 24.2 Å². The van der Waals surface area contributed by atoms with Crippen molar-refractivity contribution in [3.05, 3.63) is 16.5 Å². The summed E-state index contributed by atoms with van der Waals surface area (Å²) in [5.41, 5.74) is 0.765. The summed E-state index contributed by atoms with van der Waals surface area (Å²) >= 11 is 6.29. The van der Waals surface area contributed by atoms with Gasteiger partial charge in [-0.15, -0.1) is 0 Å². The number of nitriles is 1. The van der Waals surface area contributed by atoms with E-state index in [1.54, 1.807) is 0 Å². The molecule has 4 nitrogen and oxygen atoms in total. The zero-order chi connectivity index (χ0) is 14.9. The van der Waals surface area contributed by atoms with Crippen molar-refractivity contribution in [1.82, 2.24) is 9.97 Å². The summed E-state index contributed by atoms with van der Waals surface area (Å²) in [6.07, 6.45) is 2.83. The van der Waals surface area contributed by atoms with Crippen LogP contribution in [0.3, 0.4) is 0 Å². The van der Waals surface area contributed by atoms with E-state index in [0.717, 1.165) is 30.0 Å². The molecule has 0 aliphatic heterocycles. The molecule has 0 N–H and O–H groups in total. The summed E-state index contributed by atoms with van der Waals surface area (Å²) in [5.74, 6) is 1.65. The molecular weight excluding hydrogens is 272 g/mol. The van der Waals surface area contributed by atoms with E-state index in [2.05, 4.69) is 36.7 Å². The predicted octanol–water partition coefficient (Wildman–Crippen LogP) is 3.62. The average molecular weight is 293 g/mol. The molecule has 1 aliphatic carbocycles. The van der Waals surface area contributed by atoms with Crippen molar-refractivity contribution in [3.63, 3.8) is 0 Å². The average Bonchev–Trinajstić information content (AvgIpc) is 3.17. The number of halogens is 1. The fourth-order valence-electron chi connectivity index (χ4n) is 2.11. The summed E-state index contributed by atoms with van der Waals surface area (Å²) in [5, 5.41) is 9.35. The van der Waals surface area contributed by atoms with Gasteiger partial charge in [0.1, 0.15) is 16.8 Å². The van der Waals surface area contributed by atoms with Crippen LogP contribution in [0.5, 0.6) is 0 Å². The lowest BCUT2D eigenvalue weighted by Gasteiger charge is -2.27. The van der Waals surface area contributed by atoms with Gasteiger partial charge >= 0.3 is 0 Å². The van der Waals surface area contributed by atoms with Crippen molar-refractivity contribution >= 4 is 17.4 Å². The molecule has 0 amide bonds. The molecule has 1 aliphatic rings. The Kier molecular flexibility index (Phi) is 4.19. The van der Waals surface area contributed by atoms with E-state index in [1.165, 1.54) is 0 Å². The molecular formula is C15H21ClN4. The zero-order valence-corrected chi connectivity index (χ0v) is 13.3. The number of hydrogen-bond donors (Lipinski definition) is 0. The SMILES string of the molecule is Cc1c(Cl)nc(C(C)(C)C)nc1N(CCC#N)C1CC1. The predicted molar refractivity (Wildman–Crippen MR) is 81.1 cm³/mol. The van der Waals surface area contributed by atoms with Crippen molar-refractivity contribution in [2.45, 2.75) is 58.4 Å². The van der Waals surface area contributed by atoms with E-state index in [4.69, 9.17) is 21.8 Å². The van der Waals surface area contributed by atoms with Gasteiger partial charge in [0.2, 0.25) is 0 Å². The molecule has 1 fully saturated rings. The lowest BCUT2D eigenvalue weighted by Crippen LogP contribution is -2.30. The summed E-state index contributed by atoms with van der Waals surface area (Å²) in [6, 6.07) is 2.71. The van der Waals surface area contributed by atoms with E-state index in [9.17, 15) is 0 Å². The van der Waals surface area contributed by atoms with Gasteiger partial charge in [0.05, 0.1) is 12.5 Å². The fourth-order valence-corrected chi connectivity index (χ4v) is 2.28. The van der Waals surface area contributed by atoms with Crippen LogP contribution in [0.1, 0.15) is 51.4 Å². The van der Waals surface area contributed by atoms with Gasteiger partial charge in [-0.25, -0.2) is 9.97 Å². The van der Waals surface area contributed by atoms with Gasteiger partial charge in [0.25, 0.3) is 0 Å². The van der Waals surface area contributed by atoms with Crippen LogP contribution in [0.25, 0.3) is 0 Å². The summed E-state index contributed by atoms with van der Waals surface area (Å²) in [7, 11) is 0. The summed E-state index contributed by atoms with van der Waals surface area (Å²) in [4.78, 5) is 11.4. The smallest absolute Gasteiger partial charge is 0.137 e. The van der Waals surface area contributed by atoms with E-state index in [-0.39, 0.29) is 5.41 Å². The van der Waals surface area contributed by atoms with Crippen molar-refractivity contribution in [3.8, 4) is 6.07 Å². The van der Waals surface area contributed by atoms with Crippen molar-refractivity contribution in [2.24, 2.45) is 0 Å². The van der Waals surface area contributed by atoms with Crippen LogP contribution in [0, 0.1) is 18.3 Å². The number of rotatable bonds is 4. The summed E-state index contributed by atoms with van der Waals surface area (Å²) in [6.45, 7) is 8.89. The first-order chi connectivity index (χ1) is 9.34. The molecule has 0 unspecified atom stereocenters. The topological polar surface area (TPSA) is 52.8 Å². The number of nitrogens with zero attached hydrogens (tertiary/aromatic N) is 4. The second-order valence-electron chi connectivity index (χ2n) is 6.37.